The van der Waals surface area contributed by atoms with Crippen LogP contribution in [0.1, 0.15) is 51.1 Å². The normalized spacial score (nSPS) is 15.9. The number of ether oxygens (including phenoxy) is 2. The van der Waals surface area contributed by atoms with E-state index >= 15 is 0 Å². The second kappa shape index (κ2) is 10.4. The number of carbonyl (C=O) groups excluding carboxylic acids is 1. The zero-order valence-electron chi connectivity index (χ0n) is 20.0. The predicted molar refractivity (Wildman–Crippen MR) is 129 cm³/mol. The van der Waals surface area contributed by atoms with E-state index in [1.807, 2.05) is 62.4 Å². The molecule has 0 bridgehead atoms. The topological polar surface area (TPSA) is 89.7 Å². The van der Waals surface area contributed by atoms with Gasteiger partial charge in [0, 0.05) is 17.8 Å². The summed E-state index contributed by atoms with van der Waals surface area (Å²) in [6.07, 6.45) is 1.87. The van der Waals surface area contributed by atoms with Gasteiger partial charge in [0.05, 0.1) is 25.3 Å². The highest BCUT2D eigenvalue weighted by molar-refractivity contribution is 5.86. The lowest BCUT2D eigenvalue weighted by Gasteiger charge is -2.35. The van der Waals surface area contributed by atoms with E-state index in [9.17, 15) is 4.79 Å². The fraction of sp³-hybridized carbons (Fsp3) is 0.346. The van der Waals surface area contributed by atoms with Gasteiger partial charge in [-0.05, 0) is 50.1 Å². The molecule has 1 aliphatic rings. The number of methoxy groups -OCH3 is 1. The summed E-state index contributed by atoms with van der Waals surface area (Å²) >= 11 is 0. The first-order valence-corrected chi connectivity index (χ1v) is 11.6. The molecule has 178 valence electrons. The van der Waals surface area contributed by atoms with Crippen molar-refractivity contribution in [2.24, 2.45) is 0 Å². The van der Waals surface area contributed by atoms with Gasteiger partial charge < -0.3 is 19.3 Å². The van der Waals surface area contributed by atoms with Crippen LogP contribution in [-0.2, 0) is 0 Å². The Labute approximate surface area is 199 Å². The predicted octanol–water partition coefficient (Wildman–Crippen LogP) is 5.44. The van der Waals surface area contributed by atoms with Crippen molar-refractivity contribution in [2.45, 2.75) is 39.7 Å². The lowest BCUT2D eigenvalue weighted by molar-refractivity contribution is 0.204. The molecule has 1 aliphatic heterocycles. The molecule has 3 aromatic rings. The molecule has 2 amide bonds. The van der Waals surface area contributed by atoms with Crippen molar-refractivity contribution in [2.75, 3.05) is 20.3 Å². The van der Waals surface area contributed by atoms with Gasteiger partial charge in [0.1, 0.15) is 11.5 Å². The third-order valence-electron chi connectivity index (χ3n) is 5.84. The number of allylic oxidation sites excluding steroid dienone is 1. The highest BCUT2D eigenvalue weighted by atomic mass is 16.5. The maximum atomic E-state index is 13.0. The number of urea groups is 1. The Hall–Kier alpha value is -3.81. The van der Waals surface area contributed by atoms with Gasteiger partial charge in [0.25, 0.3) is 5.89 Å². The van der Waals surface area contributed by atoms with Crippen LogP contribution in [0.3, 0.4) is 0 Å². The zero-order valence-corrected chi connectivity index (χ0v) is 20.0. The van der Waals surface area contributed by atoms with Crippen LogP contribution in [0, 0.1) is 0 Å². The molecule has 1 N–H and O–H groups in total. The van der Waals surface area contributed by atoms with Gasteiger partial charge in [0.15, 0.2) is 0 Å². The maximum absolute atomic E-state index is 13.0. The van der Waals surface area contributed by atoms with Crippen LogP contribution in [0.25, 0.3) is 17.0 Å². The second-order valence-corrected chi connectivity index (χ2v) is 8.04. The van der Waals surface area contributed by atoms with Gasteiger partial charge in [0.2, 0.25) is 5.82 Å². The number of amides is 2. The Morgan fingerprint density at radius 2 is 1.91 bits per heavy atom. The molecule has 0 fully saturated rings. The van der Waals surface area contributed by atoms with Gasteiger partial charge in [-0.3, -0.25) is 4.90 Å². The van der Waals surface area contributed by atoms with Gasteiger partial charge >= 0.3 is 6.03 Å². The molecule has 34 heavy (non-hydrogen) atoms. The molecule has 2 heterocycles. The molecule has 2 aromatic carbocycles. The molecule has 0 aliphatic carbocycles. The largest absolute Gasteiger partial charge is 0.497 e. The Morgan fingerprint density at radius 3 is 2.62 bits per heavy atom. The number of unbranched alkanes of at least 4 members (excludes halogenated alkanes) is 1. The number of hydrogen-bond acceptors (Lipinski definition) is 6. The number of nitrogens with zero attached hydrogens (tertiary/aromatic N) is 3. The van der Waals surface area contributed by atoms with E-state index < -0.39 is 6.04 Å². The van der Waals surface area contributed by atoms with Crippen LogP contribution in [-0.4, -0.2) is 41.3 Å². The van der Waals surface area contributed by atoms with Crippen molar-refractivity contribution in [3.63, 3.8) is 0 Å². The second-order valence-electron chi connectivity index (χ2n) is 8.04. The van der Waals surface area contributed by atoms with Crippen LogP contribution in [0.2, 0.25) is 0 Å². The minimum absolute atomic E-state index is 0.138. The lowest BCUT2D eigenvalue weighted by Crippen LogP contribution is -2.46. The molecule has 8 heteroatoms. The first-order valence-electron chi connectivity index (χ1n) is 11.6. The van der Waals surface area contributed by atoms with Crippen molar-refractivity contribution >= 4 is 11.6 Å². The van der Waals surface area contributed by atoms with Crippen LogP contribution < -0.4 is 14.8 Å². The molecule has 0 saturated carbocycles. The minimum atomic E-state index is -0.431. The van der Waals surface area contributed by atoms with Gasteiger partial charge in [-0.2, -0.15) is 4.98 Å². The summed E-state index contributed by atoms with van der Waals surface area (Å²) in [6, 6.07) is 14.6. The Bertz CT molecular complexity index is 1170. The van der Waals surface area contributed by atoms with Crippen LogP contribution in [0.5, 0.6) is 11.5 Å². The van der Waals surface area contributed by atoms with Gasteiger partial charge in [-0.25, -0.2) is 4.79 Å². The Morgan fingerprint density at radius 1 is 1.12 bits per heavy atom. The molecule has 1 aromatic heterocycles. The number of rotatable bonds is 9. The number of nitrogens with one attached hydrogen (secondary N) is 1. The molecule has 1 atom stereocenters. The van der Waals surface area contributed by atoms with E-state index in [0.29, 0.717) is 30.6 Å². The third-order valence-corrected chi connectivity index (χ3v) is 5.84. The standard InChI is InChI=1S/C26H30N4O4/c1-5-7-15-30-17(3)22(23(27-26(30)31)18-11-13-20(14-12-18)33-6-2)25-28-24(29-34-25)19-9-8-10-21(16-19)32-4/h8-14,16,23H,5-7,15H2,1-4H3,(H,27,31). The fourth-order valence-electron chi connectivity index (χ4n) is 4.03. The first kappa shape index (κ1) is 23.4. The molecular weight excluding hydrogens is 432 g/mol. The van der Waals surface area contributed by atoms with Crippen molar-refractivity contribution in [1.82, 2.24) is 20.4 Å². The van der Waals surface area contributed by atoms with Crippen LogP contribution >= 0.6 is 0 Å². The summed E-state index contributed by atoms with van der Waals surface area (Å²) in [7, 11) is 1.62. The van der Waals surface area contributed by atoms with Crippen molar-refractivity contribution in [3.05, 3.63) is 65.7 Å². The van der Waals surface area contributed by atoms with Gasteiger partial charge in [-0.1, -0.05) is 42.8 Å². The quantitative estimate of drug-likeness (QED) is 0.455. The molecule has 8 nitrogen and oxygen atoms in total. The minimum Gasteiger partial charge on any atom is -0.497 e. The monoisotopic (exact) mass is 462 g/mol. The van der Waals surface area contributed by atoms with E-state index in [2.05, 4.69) is 17.4 Å². The average molecular weight is 463 g/mol. The summed E-state index contributed by atoms with van der Waals surface area (Å²) in [5.41, 5.74) is 3.27. The number of carbonyl (C=O) groups is 1. The van der Waals surface area contributed by atoms with Crippen molar-refractivity contribution in [1.29, 1.82) is 0 Å². The van der Waals surface area contributed by atoms with E-state index in [-0.39, 0.29) is 6.03 Å². The summed E-state index contributed by atoms with van der Waals surface area (Å²) < 4.78 is 16.6. The van der Waals surface area contributed by atoms with E-state index in [0.717, 1.165) is 41.0 Å². The van der Waals surface area contributed by atoms with Crippen LogP contribution in [0.4, 0.5) is 4.79 Å². The van der Waals surface area contributed by atoms with Crippen LogP contribution in [0.15, 0.2) is 58.8 Å². The van der Waals surface area contributed by atoms with Crippen molar-refractivity contribution in [3.8, 4) is 22.9 Å². The first-order chi connectivity index (χ1) is 16.5. The van der Waals surface area contributed by atoms with E-state index in [1.165, 1.54) is 0 Å². The molecular formula is C26H30N4O4. The van der Waals surface area contributed by atoms with E-state index in [4.69, 9.17) is 19.0 Å². The number of aromatic nitrogens is 2. The SMILES string of the molecule is CCCCN1C(=O)NC(c2ccc(OCC)cc2)C(c2nc(-c3cccc(OC)c3)no2)=C1C. The summed E-state index contributed by atoms with van der Waals surface area (Å²) in [5, 5.41) is 7.35. The highest BCUT2D eigenvalue weighted by Gasteiger charge is 2.35. The summed E-state index contributed by atoms with van der Waals surface area (Å²) in [4.78, 5) is 19.5. The third kappa shape index (κ3) is 4.76. The molecule has 0 spiro atoms. The molecule has 0 saturated heterocycles. The summed E-state index contributed by atoms with van der Waals surface area (Å²) in [5.74, 6) is 2.31. The molecule has 4 rings (SSSR count). The molecule has 1 unspecified atom stereocenters. The smallest absolute Gasteiger partial charge is 0.322 e. The van der Waals surface area contributed by atoms with Gasteiger partial charge in [-0.15, -0.1) is 0 Å². The number of hydrogen-bond donors (Lipinski definition) is 1. The lowest BCUT2D eigenvalue weighted by atomic mass is 9.94. The maximum Gasteiger partial charge on any atom is 0.322 e. The van der Waals surface area contributed by atoms with E-state index in [1.54, 1.807) is 12.0 Å². The fourth-order valence-corrected chi connectivity index (χ4v) is 4.03. The average Bonchev–Trinajstić information content (AvgIpc) is 3.34. The highest BCUT2D eigenvalue weighted by Crippen LogP contribution is 2.38. The van der Waals surface area contributed by atoms with Crippen molar-refractivity contribution < 1.29 is 18.8 Å². The molecule has 0 radical (unpaired) electrons. The Kier molecular flexibility index (Phi) is 7.15. The zero-order chi connectivity index (χ0) is 24.1. The number of benzene rings is 2. The Balaban J connectivity index is 1.76. The summed E-state index contributed by atoms with van der Waals surface area (Å²) in [6.45, 7) is 7.18.